The second-order valence-electron chi connectivity index (χ2n) is 3.97. The van der Waals surface area contributed by atoms with Gasteiger partial charge in [0.05, 0.1) is 12.7 Å². The zero-order chi connectivity index (χ0) is 13.7. The Balaban J connectivity index is 2.12. The van der Waals surface area contributed by atoms with E-state index in [9.17, 15) is 0 Å². The quantitative estimate of drug-likeness (QED) is 0.683. The van der Waals surface area contributed by atoms with Gasteiger partial charge in [-0.25, -0.2) is 0 Å². The number of hydrogen-bond acceptors (Lipinski definition) is 4. The van der Waals surface area contributed by atoms with Crippen LogP contribution >= 0.6 is 11.8 Å². The molecule has 0 aliphatic heterocycles. The van der Waals surface area contributed by atoms with Crippen molar-refractivity contribution in [1.29, 1.82) is 5.26 Å². The first kappa shape index (κ1) is 13.3. The molecule has 4 heteroatoms. The van der Waals surface area contributed by atoms with Gasteiger partial charge in [-0.05, 0) is 29.8 Å². The summed E-state index contributed by atoms with van der Waals surface area (Å²) in [5.41, 5.74) is 8.35. The van der Waals surface area contributed by atoms with Crippen LogP contribution in [0, 0.1) is 11.3 Å². The molecule has 2 N–H and O–H groups in total. The highest BCUT2D eigenvalue weighted by molar-refractivity contribution is 7.98. The predicted molar refractivity (Wildman–Crippen MR) is 78.1 cm³/mol. The molecule has 0 aromatic heterocycles. The molecule has 0 heterocycles. The van der Waals surface area contributed by atoms with Gasteiger partial charge in [0.15, 0.2) is 0 Å². The molecular weight excluding hydrogens is 256 g/mol. The Hall–Kier alpha value is -2.12. The molecule has 0 aliphatic carbocycles. The average Bonchev–Trinajstić information content (AvgIpc) is 2.46. The summed E-state index contributed by atoms with van der Waals surface area (Å²) in [6, 6.07) is 15.4. The number of methoxy groups -OCH3 is 1. The molecule has 0 radical (unpaired) electrons. The monoisotopic (exact) mass is 270 g/mol. The molecule has 0 aliphatic rings. The van der Waals surface area contributed by atoms with Gasteiger partial charge in [-0.1, -0.05) is 18.2 Å². The van der Waals surface area contributed by atoms with Gasteiger partial charge in [0.25, 0.3) is 0 Å². The summed E-state index contributed by atoms with van der Waals surface area (Å²) < 4.78 is 5.12. The number of benzene rings is 2. The SMILES string of the molecule is COc1ccc(CSc2c(N)cccc2C#N)cc1. The van der Waals surface area contributed by atoms with E-state index in [-0.39, 0.29) is 0 Å². The topological polar surface area (TPSA) is 59.0 Å². The minimum atomic E-state index is 0.624. The fourth-order valence-electron chi connectivity index (χ4n) is 1.68. The zero-order valence-corrected chi connectivity index (χ0v) is 11.4. The maximum Gasteiger partial charge on any atom is 0.118 e. The Morgan fingerprint density at radius 3 is 2.58 bits per heavy atom. The van der Waals surface area contributed by atoms with E-state index < -0.39 is 0 Å². The number of nitrogens with zero attached hydrogens (tertiary/aromatic N) is 1. The van der Waals surface area contributed by atoms with Gasteiger partial charge in [0.2, 0.25) is 0 Å². The third-order valence-corrected chi connectivity index (χ3v) is 3.93. The molecule has 0 amide bonds. The van der Waals surface area contributed by atoms with Crippen molar-refractivity contribution in [1.82, 2.24) is 0 Å². The van der Waals surface area contributed by atoms with Crippen molar-refractivity contribution in [2.45, 2.75) is 10.6 Å². The van der Waals surface area contributed by atoms with Crippen molar-refractivity contribution in [3.8, 4) is 11.8 Å². The van der Waals surface area contributed by atoms with Crippen LogP contribution in [0.15, 0.2) is 47.4 Å². The third-order valence-electron chi connectivity index (χ3n) is 2.71. The van der Waals surface area contributed by atoms with Crippen LogP contribution in [0.2, 0.25) is 0 Å². The summed E-state index contributed by atoms with van der Waals surface area (Å²) in [4.78, 5) is 0.848. The van der Waals surface area contributed by atoms with Crippen molar-refractivity contribution in [2.75, 3.05) is 12.8 Å². The highest BCUT2D eigenvalue weighted by Crippen LogP contribution is 2.31. The van der Waals surface area contributed by atoms with E-state index >= 15 is 0 Å². The molecule has 0 unspecified atom stereocenters. The van der Waals surface area contributed by atoms with E-state index in [1.54, 1.807) is 31.0 Å². The van der Waals surface area contributed by atoms with Crippen molar-refractivity contribution in [3.63, 3.8) is 0 Å². The van der Waals surface area contributed by atoms with E-state index in [4.69, 9.17) is 15.7 Å². The molecule has 2 aromatic rings. The van der Waals surface area contributed by atoms with Crippen LogP contribution in [0.4, 0.5) is 5.69 Å². The summed E-state index contributed by atoms with van der Waals surface area (Å²) in [5.74, 6) is 1.61. The minimum Gasteiger partial charge on any atom is -0.497 e. The van der Waals surface area contributed by atoms with Crippen LogP contribution < -0.4 is 10.5 Å². The number of nitrogen functional groups attached to an aromatic ring is 1. The van der Waals surface area contributed by atoms with Crippen LogP contribution in [0.5, 0.6) is 5.75 Å². The van der Waals surface area contributed by atoms with Gasteiger partial charge in [-0.15, -0.1) is 11.8 Å². The van der Waals surface area contributed by atoms with Crippen LogP contribution in [0.1, 0.15) is 11.1 Å². The number of nitrogens with two attached hydrogens (primary N) is 1. The standard InChI is InChI=1S/C15H14N2OS/c1-18-13-7-5-11(6-8-13)10-19-15-12(9-16)3-2-4-14(15)17/h2-8H,10,17H2,1H3. The van der Waals surface area contributed by atoms with Crippen LogP contribution in [0.25, 0.3) is 0 Å². The lowest BCUT2D eigenvalue weighted by molar-refractivity contribution is 0.414. The van der Waals surface area contributed by atoms with Crippen LogP contribution in [-0.2, 0) is 5.75 Å². The Kier molecular flexibility index (Phi) is 4.32. The largest absolute Gasteiger partial charge is 0.497 e. The maximum absolute atomic E-state index is 9.07. The smallest absolute Gasteiger partial charge is 0.118 e. The minimum absolute atomic E-state index is 0.624. The molecule has 0 spiro atoms. The first-order valence-corrected chi connectivity index (χ1v) is 6.77. The molecular formula is C15H14N2OS. The summed E-state index contributed by atoms with van der Waals surface area (Å²) in [5, 5.41) is 9.07. The molecule has 2 aromatic carbocycles. The summed E-state index contributed by atoms with van der Waals surface area (Å²) in [6.07, 6.45) is 0. The summed E-state index contributed by atoms with van der Waals surface area (Å²) >= 11 is 1.58. The van der Waals surface area contributed by atoms with Gasteiger partial charge < -0.3 is 10.5 Å². The lowest BCUT2D eigenvalue weighted by Gasteiger charge is -2.07. The molecule has 0 saturated carbocycles. The Morgan fingerprint density at radius 2 is 1.95 bits per heavy atom. The van der Waals surface area contributed by atoms with Crippen molar-refractivity contribution in [2.24, 2.45) is 0 Å². The lowest BCUT2D eigenvalue weighted by Crippen LogP contribution is -1.92. The molecule has 0 saturated heterocycles. The molecule has 19 heavy (non-hydrogen) atoms. The fourth-order valence-corrected chi connectivity index (χ4v) is 2.69. The second-order valence-corrected chi connectivity index (χ2v) is 4.96. The van der Waals surface area contributed by atoms with E-state index in [2.05, 4.69) is 6.07 Å². The van der Waals surface area contributed by atoms with E-state index in [0.29, 0.717) is 11.3 Å². The van der Waals surface area contributed by atoms with Gasteiger partial charge >= 0.3 is 0 Å². The van der Waals surface area contributed by atoms with Gasteiger partial charge in [-0.3, -0.25) is 0 Å². The predicted octanol–water partition coefficient (Wildman–Crippen LogP) is 3.44. The lowest BCUT2D eigenvalue weighted by atomic mass is 10.2. The normalized spacial score (nSPS) is 9.89. The van der Waals surface area contributed by atoms with Gasteiger partial charge in [0.1, 0.15) is 11.8 Å². The first-order valence-electron chi connectivity index (χ1n) is 5.79. The van der Waals surface area contributed by atoms with Crippen molar-refractivity contribution in [3.05, 3.63) is 53.6 Å². The summed E-state index contributed by atoms with van der Waals surface area (Å²) in [7, 11) is 1.65. The van der Waals surface area contributed by atoms with E-state index in [0.717, 1.165) is 22.0 Å². The third kappa shape index (κ3) is 3.21. The molecule has 3 nitrogen and oxygen atoms in total. The number of anilines is 1. The van der Waals surface area contributed by atoms with Gasteiger partial charge in [0, 0.05) is 16.3 Å². The summed E-state index contributed by atoms with van der Waals surface area (Å²) in [6.45, 7) is 0. The van der Waals surface area contributed by atoms with Gasteiger partial charge in [-0.2, -0.15) is 5.26 Å². The average molecular weight is 270 g/mol. The highest BCUT2D eigenvalue weighted by Gasteiger charge is 2.06. The van der Waals surface area contributed by atoms with E-state index in [1.807, 2.05) is 30.3 Å². The number of ether oxygens (including phenoxy) is 1. The Bertz CT molecular complexity index is 603. The number of thioether (sulfide) groups is 1. The molecule has 2 rings (SSSR count). The highest BCUT2D eigenvalue weighted by atomic mass is 32.2. The van der Waals surface area contributed by atoms with Crippen LogP contribution in [-0.4, -0.2) is 7.11 Å². The van der Waals surface area contributed by atoms with Crippen molar-refractivity contribution < 1.29 is 4.74 Å². The van der Waals surface area contributed by atoms with E-state index in [1.165, 1.54) is 0 Å². The molecule has 96 valence electrons. The number of rotatable bonds is 4. The fraction of sp³-hybridized carbons (Fsp3) is 0.133. The zero-order valence-electron chi connectivity index (χ0n) is 10.6. The molecule has 0 bridgehead atoms. The Morgan fingerprint density at radius 1 is 1.21 bits per heavy atom. The number of hydrogen-bond donors (Lipinski definition) is 1. The molecule has 0 fully saturated rings. The van der Waals surface area contributed by atoms with Crippen molar-refractivity contribution >= 4 is 17.4 Å². The second kappa shape index (κ2) is 6.17. The number of nitriles is 1. The Labute approximate surface area is 117 Å². The van der Waals surface area contributed by atoms with Crippen LogP contribution in [0.3, 0.4) is 0 Å². The first-order chi connectivity index (χ1) is 9.24. The molecule has 0 atom stereocenters. The maximum atomic E-state index is 9.07.